The normalized spacial score (nSPS) is 23.9. The lowest BCUT2D eigenvalue weighted by Crippen LogP contribution is -2.56. The van der Waals surface area contributed by atoms with Crippen molar-refractivity contribution >= 4 is 38.3 Å². The minimum absolute atomic E-state index is 0.573. The van der Waals surface area contributed by atoms with Crippen LogP contribution >= 0.6 is 22.9 Å². The molecule has 114 valence electrons. The number of benzene rings is 1. The Hall–Kier alpha value is -0.840. The van der Waals surface area contributed by atoms with Gasteiger partial charge < -0.3 is 4.90 Å². The first kappa shape index (κ1) is 15.1. The number of hydrogen-bond donors (Lipinski definition) is 0. The van der Waals surface area contributed by atoms with E-state index in [2.05, 4.69) is 30.6 Å². The molecule has 21 heavy (non-hydrogen) atoms. The maximum absolute atomic E-state index is 6.07. The molecule has 3 nitrogen and oxygen atoms in total. The van der Waals surface area contributed by atoms with Crippen LogP contribution in [0.3, 0.4) is 0 Å². The van der Waals surface area contributed by atoms with E-state index in [4.69, 9.17) is 16.6 Å². The van der Waals surface area contributed by atoms with Crippen LogP contribution < -0.4 is 4.90 Å². The summed E-state index contributed by atoms with van der Waals surface area (Å²) in [5.74, 6) is 0. The van der Waals surface area contributed by atoms with E-state index in [1.807, 2.05) is 18.2 Å². The molecule has 2 heterocycles. The van der Waals surface area contributed by atoms with Gasteiger partial charge in [-0.2, -0.15) is 0 Å². The topological polar surface area (TPSA) is 19.4 Å². The summed E-state index contributed by atoms with van der Waals surface area (Å²) >= 11 is 7.82. The van der Waals surface area contributed by atoms with Crippen molar-refractivity contribution in [2.45, 2.75) is 39.3 Å². The maximum atomic E-state index is 6.07. The standard InChI is InChI=1S/C16H22ClN3S/c1-4-7-20-11(2)9-19(10-12(20)3)16-18-14-6-5-13(17)8-15(14)21-16/h5-6,8,11-12H,4,7,9-10H2,1-3H3/t11-,12+. The fraction of sp³-hybridized carbons (Fsp3) is 0.562. The first-order valence-electron chi connectivity index (χ1n) is 7.65. The molecule has 1 aromatic carbocycles. The largest absolute Gasteiger partial charge is 0.345 e. The van der Waals surface area contributed by atoms with Crippen molar-refractivity contribution in [2.75, 3.05) is 24.5 Å². The van der Waals surface area contributed by atoms with E-state index >= 15 is 0 Å². The average molecular weight is 324 g/mol. The molecule has 0 saturated carbocycles. The Bertz CT molecular complexity index is 615. The van der Waals surface area contributed by atoms with E-state index in [0.717, 1.165) is 28.8 Å². The molecule has 1 saturated heterocycles. The molecule has 0 aliphatic carbocycles. The molecule has 0 N–H and O–H groups in total. The lowest BCUT2D eigenvalue weighted by atomic mass is 10.1. The molecule has 1 aliphatic rings. The highest BCUT2D eigenvalue weighted by Crippen LogP contribution is 2.32. The number of anilines is 1. The Morgan fingerprint density at radius 3 is 2.67 bits per heavy atom. The summed E-state index contributed by atoms with van der Waals surface area (Å²) in [7, 11) is 0. The van der Waals surface area contributed by atoms with Crippen molar-refractivity contribution in [3.63, 3.8) is 0 Å². The summed E-state index contributed by atoms with van der Waals surface area (Å²) in [6.07, 6.45) is 1.22. The molecule has 1 aromatic heterocycles. The van der Waals surface area contributed by atoms with Gasteiger partial charge in [0.1, 0.15) is 0 Å². The molecule has 0 amide bonds. The van der Waals surface area contributed by atoms with Gasteiger partial charge >= 0.3 is 0 Å². The number of thiazole rings is 1. The summed E-state index contributed by atoms with van der Waals surface area (Å²) in [6.45, 7) is 10.2. The Labute approximate surface area is 135 Å². The minimum Gasteiger partial charge on any atom is -0.345 e. The van der Waals surface area contributed by atoms with Crippen LogP contribution in [-0.2, 0) is 0 Å². The monoisotopic (exact) mass is 323 g/mol. The lowest BCUT2D eigenvalue weighted by Gasteiger charge is -2.44. The summed E-state index contributed by atoms with van der Waals surface area (Å²) < 4.78 is 1.17. The van der Waals surface area contributed by atoms with Gasteiger partial charge in [0.25, 0.3) is 0 Å². The SMILES string of the molecule is CCCN1[C@H](C)CN(c2nc3ccc(Cl)cc3s2)C[C@@H]1C. The van der Waals surface area contributed by atoms with Gasteiger partial charge in [-0.15, -0.1) is 0 Å². The third kappa shape index (κ3) is 3.03. The zero-order chi connectivity index (χ0) is 15.0. The molecule has 0 radical (unpaired) electrons. The van der Waals surface area contributed by atoms with Crippen LogP contribution in [0.25, 0.3) is 10.2 Å². The van der Waals surface area contributed by atoms with Gasteiger partial charge in [-0.25, -0.2) is 4.98 Å². The van der Waals surface area contributed by atoms with Gasteiger partial charge in [0.2, 0.25) is 0 Å². The Kier molecular flexibility index (Phi) is 4.38. The second kappa shape index (κ2) is 6.11. The van der Waals surface area contributed by atoms with Crippen LogP contribution in [0.5, 0.6) is 0 Å². The van der Waals surface area contributed by atoms with Crippen molar-refractivity contribution in [1.29, 1.82) is 0 Å². The van der Waals surface area contributed by atoms with Crippen molar-refractivity contribution in [3.8, 4) is 0 Å². The highest BCUT2D eigenvalue weighted by molar-refractivity contribution is 7.22. The second-order valence-electron chi connectivity index (χ2n) is 5.95. The van der Waals surface area contributed by atoms with E-state index in [1.54, 1.807) is 11.3 Å². The van der Waals surface area contributed by atoms with Crippen LogP contribution in [0.1, 0.15) is 27.2 Å². The molecule has 1 aliphatic heterocycles. The van der Waals surface area contributed by atoms with Gasteiger partial charge in [0.15, 0.2) is 5.13 Å². The third-order valence-corrected chi connectivity index (χ3v) is 5.51. The van der Waals surface area contributed by atoms with Crippen molar-refractivity contribution < 1.29 is 0 Å². The predicted octanol–water partition coefficient (Wildman–Crippen LogP) is 4.26. The van der Waals surface area contributed by atoms with Gasteiger partial charge in [0.05, 0.1) is 10.2 Å². The first-order valence-corrected chi connectivity index (χ1v) is 8.84. The van der Waals surface area contributed by atoms with E-state index < -0.39 is 0 Å². The Balaban J connectivity index is 1.83. The molecule has 5 heteroatoms. The Morgan fingerprint density at radius 2 is 2.00 bits per heavy atom. The van der Waals surface area contributed by atoms with Crippen LogP contribution in [-0.4, -0.2) is 41.6 Å². The molecule has 1 fully saturated rings. The molecule has 3 rings (SSSR count). The number of nitrogens with zero attached hydrogens (tertiary/aromatic N) is 3. The zero-order valence-electron chi connectivity index (χ0n) is 12.8. The van der Waals surface area contributed by atoms with Crippen LogP contribution in [0.2, 0.25) is 5.02 Å². The second-order valence-corrected chi connectivity index (χ2v) is 7.39. The summed E-state index contributed by atoms with van der Waals surface area (Å²) in [6, 6.07) is 7.09. The Morgan fingerprint density at radius 1 is 1.29 bits per heavy atom. The fourth-order valence-electron chi connectivity index (χ4n) is 3.23. The first-order chi connectivity index (χ1) is 10.1. The van der Waals surface area contributed by atoms with Crippen molar-refractivity contribution in [3.05, 3.63) is 23.2 Å². The van der Waals surface area contributed by atoms with Gasteiger partial charge in [-0.05, 0) is 45.0 Å². The summed E-state index contributed by atoms with van der Waals surface area (Å²) in [4.78, 5) is 9.83. The summed E-state index contributed by atoms with van der Waals surface area (Å²) in [5.41, 5.74) is 1.05. The number of piperazine rings is 1. The van der Waals surface area contributed by atoms with E-state index in [9.17, 15) is 0 Å². The molecular weight excluding hydrogens is 302 g/mol. The zero-order valence-corrected chi connectivity index (χ0v) is 14.4. The van der Waals surface area contributed by atoms with Crippen LogP contribution in [0.4, 0.5) is 5.13 Å². The van der Waals surface area contributed by atoms with Crippen molar-refractivity contribution in [2.24, 2.45) is 0 Å². The maximum Gasteiger partial charge on any atom is 0.186 e. The number of rotatable bonds is 3. The fourth-order valence-corrected chi connectivity index (χ4v) is 4.49. The van der Waals surface area contributed by atoms with Crippen molar-refractivity contribution in [1.82, 2.24) is 9.88 Å². The molecule has 2 aromatic rings. The number of aromatic nitrogens is 1. The molecule has 2 atom stereocenters. The minimum atomic E-state index is 0.573. The van der Waals surface area contributed by atoms with Crippen LogP contribution in [0, 0.1) is 0 Å². The molecular formula is C16H22ClN3S. The summed E-state index contributed by atoms with van der Waals surface area (Å²) in [5, 5.41) is 1.91. The lowest BCUT2D eigenvalue weighted by molar-refractivity contribution is 0.132. The van der Waals surface area contributed by atoms with Gasteiger partial charge in [0, 0.05) is 30.2 Å². The molecule has 0 spiro atoms. The highest BCUT2D eigenvalue weighted by atomic mass is 35.5. The van der Waals surface area contributed by atoms with E-state index in [0.29, 0.717) is 12.1 Å². The predicted molar refractivity (Wildman–Crippen MR) is 92.8 cm³/mol. The quantitative estimate of drug-likeness (QED) is 0.841. The average Bonchev–Trinajstić information content (AvgIpc) is 2.85. The number of hydrogen-bond acceptors (Lipinski definition) is 4. The van der Waals surface area contributed by atoms with Gasteiger partial charge in [-0.1, -0.05) is 29.9 Å². The van der Waals surface area contributed by atoms with Crippen LogP contribution in [0.15, 0.2) is 18.2 Å². The number of halogens is 1. The smallest absolute Gasteiger partial charge is 0.186 e. The third-order valence-electron chi connectivity index (χ3n) is 4.19. The molecule has 0 unspecified atom stereocenters. The number of fused-ring (bicyclic) bond motifs is 1. The van der Waals surface area contributed by atoms with E-state index in [-0.39, 0.29) is 0 Å². The van der Waals surface area contributed by atoms with Gasteiger partial charge in [-0.3, -0.25) is 4.90 Å². The highest BCUT2D eigenvalue weighted by Gasteiger charge is 2.30. The molecule has 0 bridgehead atoms. The van der Waals surface area contributed by atoms with E-state index in [1.165, 1.54) is 17.7 Å².